The summed E-state index contributed by atoms with van der Waals surface area (Å²) in [6.07, 6.45) is 9.11. The van der Waals surface area contributed by atoms with Crippen molar-refractivity contribution in [1.29, 1.82) is 5.26 Å². The Labute approximate surface area is 120 Å². The van der Waals surface area contributed by atoms with Crippen LogP contribution in [0.5, 0.6) is 0 Å². The second-order valence-corrected chi connectivity index (χ2v) is 7.13. The smallest absolute Gasteiger partial charge is 0.228 e. The van der Waals surface area contributed by atoms with Gasteiger partial charge >= 0.3 is 0 Å². The summed E-state index contributed by atoms with van der Waals surface area (Å²) in [5, 5.41) is 9.30. The number of piperidine rings is 1. The van der Waals surface area contributed by atoms with Crippen LogP contribution in [0.1, 0.15) is 51.9 Å². The molecule has 0 aromatic heterocycles. The Morgan fingerprint density at radius 3 is 2.26 bits per heavy atom. The summed E-state index contributed by atoms with van der Waals surface area (Å²) in [6, 6.07) is 2.44. The second-order valence-electron chi connectivity index (χ2n) is 5.94. The van der Waals surface area contributed by atoms with Gasteiger partial charge in [-0.1, -0.05) is 19.8 Å². The lowest BCUT2D eigenvalue weighted by Gasteiger charge is -2.40. The lowest BCUT2D eigenvalue weighted by Crippen LogP contribution is -2.49. The van der Waals surface area contributed by atoms with E-state index >= 15 is 0 Å². The third-order valence-electron chi connectivity index (χ3n) is 5.14. The second kappa shape index (κ2) is 5.75. The molecule has 0 unspecified atom stereocenters. The van der Waals surface area contributed by atoms with Crippen LogP contribution in [-0.2, 0) is 4.79 Å². The van der Waals surface area contributed by atoms with Crippen LogP contribution in [0.15, 0.2) is 0 Å². The molecule has 19 heavy (non-hydrogen) atoms. The number of likely N-dealkylation sites (tertiary alicyclic amines) is 1. The van der Waals surface area contributed by atoms with Gasteiger partial charge in [0.05, 0.1) is 6.07 Å². The molecule has 2 rings (SSSR count). The van der Waals surface area contributed by atoms with Gasteiger partial charge in [-0.15, -0.1) is 11.8 Å². The predicted octanol–water partition coefficient (Wildman–Crippen LogP) is 3.20. The summed E-state index contributed by atoms with van der Waals surface area (Å²) in [5.74, 6) is 0.361. The van der Waals surface area contributed by atoms with Crippen LogP contribution in [0.3, 0.4) is 0 Å². The number of nitriles is 1. The van der Waals surface area contributed by atoms with Crippen molar-refractivity contribution in [1.82, 2.24) is 4.90 Å². The monoisotopic (exact) mass is 280 g/mol. The maximum Gasteiger partial charge on any atom is 0.228 e. The fourth-order valence-electron chi connectivity index (χ4n) is 3.54. The van der Waals surface area contributed by atoms with E-state index in [1.165, 1.54) is 12.8 Å². The van der Waals surface area contributed by atoms with Crippen molar-refractivity contribution in [2.75, 3.05) is 19.3 Å². The van der Waals surface area contributed by atoms with Gasteiger partial charge in [0, 0.05) is 18.5 Å². The van der Waals surface area contributed by atoms with Crippen LogP contribution in [-0.4, -0.2) is 34.9 Å². The van der Waals surface area contributed by atoms with Crippen molar-refractivity contribution in [3.63, 3.8) is 0 Å². The average Bonchev–Trinajstić information content (AvgIpc) is 2.97. The van der Waals surface area contributed by atoms with E-state index < -0.39 is 0 Å². The highest BCUT2D eigenvalue weighted by Gasteiger charge is 2.44. The van der Waals surface area contributed by atoms with Crippen LogP contribution in [0, 0.1) is 16.7 Å². The van der Waals surface area contributed by atoms with Crippen molar-refractivity contribution in [2.24, 2.45) is 5.41 Å². The first kappa shape index (κ1) is 14.7. The molecule has 1 saturated heterocycles. The first-order chi connectivity index (χ1) is 9.11. The Morgan fingerprint density at radius 1 is 1.26 bits per heavy atom. The molecule has 0 N–H and O–H groups in total. The minimum atomic E-state index is -0.258. The molecule has 1 aliphatic heterocycles. The largest absolute Gasteiger partial charge is 0.342 e. The Bertz CT molecular complexity index is 374. The highest BCUT2D eigenvalue weighted by molar-refractivity contribution is 8.00. The molecular weight excluding hydrogens is 256 g/mol. The van der Waals surface area contributed by atoms with Gasteiger partial charge in [0.25, 0.3) is 0 Å². The molecule has 2 fully saturated rings. The van der Waals surface area contributed by atoms with Gasteiger partial charge in [-0.05, 0) is 38.4 Å². The number of hydrogen-bond acceptors (Lipinski definition) is 3. The van der Waals surface area contributed by atoms with Crippen molar-refractivity contribution in [3.05, 3.63) is 0 Å². The highest BCUT2D eigenvalue weighted by Crippen LogP contribution is 2.44. The molecule has 0 aromatic rings. The molecule has 0 radical (unpaired) electrons. The van der Waals surface area contributed by atoms with Gasteiger partial charge in [0.15, 0.2) is 0 Å². The SMILES string of the molecule is CCC1(C(=O)N2CCC(C#N)(SC)CC2)CCCC1. The predicted molar refractivity (Wildman–Crippen MR) is 78.9 cm³/mol. The van der Waals surface area contributed by atoms with Crippen LogP contribution in [0.4, 0.5) is 0 Å². The van der Waals surface area contributed by atoms with E-state index in [2.05, 4.69) is 13.0 Å². The molecule has 1 heterocycles. The van der Waals surface area contributed by atoms with Gasteiger partial charge < -0.3 is 4.90 Å². The average molecular weight is 280 g/mol. The van der Waals surface area contributed by atoms with E-state index in [9.17, 15) is 10.1 Å². The van der Waals surface area contributed by atoms with E-state index in [1.807, 2.05) is 11.2 Å². The van der Waals surface area contributed by atoms with Gasteiger partial charge in [-0.25, -0.2) is 0 Å². The van der Waals surface area contributed by atoms with Gasteiger partial charge in [-0.3, -0.25) is 4.79 Å². The Hall–Kier alpha value is -0.690. The first-order valence-corrected chi connectivity index (χ1v) is 8.60. The van der Waals surface area contributed by atoms with Gasteiger partial charge in [0.1, 0.15) is 4.75 Å². The number of amides is 1. The van der Waals surface area contributed by atoms with Crippen molar-refractivity contribution >= 4 is 17.7 Å². The van der Waals surface area contributed by atoms with Crippen LogP contribution in [0.25, 0.3) is 0 Å². The van der Waals surface area contributed by atoms with Crippen molar-refractivity contribution in [2.45, 2.75) is 56.6 Å². The van der Waals surface area contributed by atoms with Crippen molar-refractivity contribution < 1.29 is 4.79 Å². The molecule has 106 valence electrons. The van der Waals surface area contributed by atoms with E-state index in [4.69, 9.17) is 0 Å². The number of hydrogen-bond donors (Lipinski definition) is 0. The fraction of sp³-hybridized carbons (Fsp3) is 0.867. The summed E-state index contributed by atoms with van der Waals surface area (Å²) >= 11 is 1.64. The molecular formula is C15H24N2OS. The number of carbonyl (C=O) groups is 1. The van der Waals surface area contributed by atoms with Gasteiger partial charge in [-0.2, -0.15) is 5.26 Å². The molecule has 0 spiro atoms. The normalized spacial score (nSPS) is 25.0. The van der Waals surface area contributed by atoms with E-state index in [0.717, 1.165) is 45.2 Å². The number of rotatable bonds is 3. The van der Waals surface area contributed by atoms with Crippen LogP contribution in [0.2, 0.25) is 0 Å². The Kier molecular flexibility index (Phi) is 4.45. The molecule has 4 heteroatoms. The molecule has 1 aliphatic carbocycles. The summed E-state index contributed by atoms with van der Waals surface area (Å²) < 4.78 is -0.258. The standard InChI is InChI=1S/C15H24N2OS/c1-3-14(6-4-5-7-14)13(18)17-10-8-15(12-16,19-2)9-11-17/h3-11H2,1-2H3. The minimum Gasteiger partial charge on any atom is -0.342 e. The van der Waals surface area contributed by atoms with E-state index in [-0.39, 0.29) is 10.2 Å². The van der Waals surface area contributed by atoms with Crippen LogP contribution < -0.4 is 0 Å². The maximum atomic E-state index is 12.8. The summed E-state index contributed by atoms with van der Waals surface area (Å²) in [4.78, 5) is 14.8. The molecule has 2 aliphatic rings. The fourth-order valence-corrected chi connectivity index (χ4v) is 4.22. The quantitative estimate of drug-likeness (QED) is 0.797. The summed E-state index contributed by atoms with van der Waals surface area (Å²) in [7, 11) is 0. The molecule has 0 aromatic carbocycles. The molecule has 1 amide bonds. The zero-order valence-corrected chi connectivity index (χ0v) is 12.9. The van der Waals surface area contributed by atoms with Gasteiger partial charge in [0.2, 0.25) is 5.91 Å². The molecule has 3 nitrogen and oxygen atoms in total. The molecule has 0 bridgehead atoms. The number of nitrogens with zero attached hydrogens (tertiary/aromatic N) is 2. The zero-order valence-electron chi connectivity index (χ0n) is 12.1. The topological polar surface area (TPSA) is 44.1 Å². The lowest BCUT2D eigenvalue weighted by molar-refractivity contribution is -0.143. The summed E-state index contributed by atoms with van der Waals surface area (Å²) in [6.45, 7) is 3.67. The lowest BCUT2D eigenvalue weighted by atomic mass is 9.81. The number of carbonyl (C=O) groups excluding carboxylic acids is 1. The molecule has 0 atom stereocenters. The minimum absolute atomic E-state index is 0.0774. The van der Waals surface area contributed by atoms with Crippen LogP contribution >= 0.6 is 11.8 Å². The Morgan fingerprint density at radius 2 is 1.84 bits per heavy atom. The summed E-state index contributed by atoms with van der Waals surface area (Å²) in [5.41, 5.74) is -0.0774. The molecule has 1 saturated carbocycles. The van der Waals surface area contributed by atoms with E-state index in [0.29, 0.717) is 5.91 Å². The maximum absolute atomic E-state index is 12.8. The Balaban J connectivity index is 2.02. The third kappa shape index (κ3) is 2.63. The van der Waals surface area contributed by atoms with E-state index in [1.54, 1.807) is 11.8 Å². The third-order valence-corrected chi connectivity index (χ3v) is 6.42. The van der Waals surface area contributed by atoms with Crippen molar-refractivity contribution in [3.8, 4) is 6.07 Å². The number of thioether (sulfide) groups is 1. The first-order valence-electron chi connectivity index (χ1n) is 7.37. The zero-order chi connectivity index (χ0) is 13.9. The highest BCUT2D eigenvalue weighted by atomic mass is 32.2.